The number of ether oxygens (including phenoxy) is 2. The number of methoxy groups -OCH3 is 1. The topological polar surface area (TPSA) is 72.8 Å². The molecule has 1 N–H and O–H groups in total. The lowest BCUT2D eigenvalue weighted by Crippen LogP contribution is -2.09. The van der Waals surface area contributed by atoms with Gasteiger partial charge in [0.05, 0.1) is 12.7 Å². The molecule has 22 heavy (non-hydrogen) atoms. The van der Waals surface area contributed by atoms with Crippen molar-refractivity contribution < 1.29 is 24.2 Å². The molecule has 5 nitrogen and oxygen atoms in total. The van der Waals surface area contributed by atoms with Gasteiger partial charge < -0.3 is 14.6 Å². The highest BCUT2D eigenvalue weighted by molar-refractivity contribution is 6.03. The number of benzene rings is 2. The summed E-state index contributed by atoms with van der Waals surface area (Å²) in [5.41, 5.74) is 0.978. The second-order valence-electron chi connectivity index (χ2n) is 4.66. The predicted octanol–water partition coefficient (Wildman–Crippen LogP) is 3.18. The highest BCUT2D eigenvalue weighted by Crippen LogP contribution is 2.33. The third-order valence-corrected chi connectivity index (χ3v) is 3.15. The number of ketones is 1. The number of hydrogen-bond donors (Lipinski definition) is 1. The molecule has 0 heterocycles. The van der Waals surface area contributed by atoms with Crippen LogP contribution in [0.15, 0.2) is 42.5 Å². The SMILES string of the molecule is COc1c(C(C)=O)ccc(OCc2ccccc2)c1C(=O)O. The molecule has 0 unspecified atom stereocenters. The summed E-state index contributed by atoms with van der Waals surface area (Å²) < 4.78 is 10.7. The smallest absolute Gasteiger partial charge is 0.343 e. The molecule has 0 saturated heterocycles. The van der Waals surface area contributed by atoms with Gasteiger partial charge in [0.25, 0.3) is 0 Å². The molecule has 0 radical (unpaired) electrons. The van der Waals surface area contributed by atoms with Gasteiger partial charge in [-0.05, 0) is 24.6 Å². The summed E-state index contributed by atoms with van der Waals surface area (Å²) in [6.45, 7) is 1.58. The Balaban J connectivity index is 2.39. The Morgan fingerprint density at radius 2 is 1.77 bits per heavy atom. The van der Waals surface area contributed by atoms with E-state index in [9.17, 15) is 14.7 Å². The van der Waals surface area contributed by atoms with Crippen LogP contribution >= 0.6 is 0 Å². The van der Waals surface area contributed by atoms with Gasteiger partial charge in [0.15, 0.2) is 5.78 Å². The molecule has 0 aliphatic carbocycles. The van der Waals surface area contributed by atoms with E-state index in [-0.39, 0.29) is 35.0 Å². The summed E-state index contributed by atoms with van der Waals surface area (Å²) in [7, 11) is 1.33. The van der Waals surface area contributed by atoms with Crippen LogP contribution in [0.5, 0.6) is 11.5 Å². The largest absolute Gasteiger partial charge is 0.495 e. The van der Waals surface area contributed by atoms with Crippen LogP contribution in [0.2, 0.25) is 0 Å². The number of carbonyl (C=O) groups excluding carboxylic acids is 1. The summed E-state index contributed by atoms with van der Waals surface area (Å²) in [5, 5.41) is 9.41. The Hall–Kier alpha value is -2.82. The molecule has 2 rings (SSSR count). The zero-order valence-corrected chi connectivity index (χ0v) is 12.3. The van der Waals surface area contributed by atoms with Crippen LogP contribution in [0, 0.1) is 0 Å². The standard InChI is InChI=1S/C17H16O5/c1-11(18)13-8-9-14(15(17(19)20)16(13)21-2)22-10-12-6-4-3-5-7-12/h3-9H,10H2,1-2H3,(H,19,20). The molecule has 0 saturated carbocycles. The Bertz CT molecular complexity index is 692. The number of aromatic carboxylic acids is 1. The molecule has 114 valence electrons. The fraction of sp³-hybridized carbons (Fsp3) is 0.176. The summed E-state index contributed by atoms with van der Waals surface area (Å²) >= 11 is 0. The van der Waals surface area contributed by atoms with Crippen molar-refractivity contribution in [3.05, 3.63) is 59.2 Å². The minimum absolute atomic E-state index is 0.0190. The van der Waals surface area contributed by atoms with E-state index in [1.54, 1.807) is 0 Å². The number of rotatable bonds is 6. The maximum absolute atomic E-state index is 11.6. The highest BCUT2D eigenvalue weighted by Gasteiger charge is 2.23. The van der Waals surface area contributed by atoms with Crippen LogP contribution in [0.3, 0.4) is 0 Å². The lowest BCUT2D eigenvalue weighted by molar-refractivity contribution is 0.0688. The van der Waals surface area contributed by atoms with E-state index < -0.39 is 5.97 Å². The first-order chi connectivity index (χ1) is 10.5. The molecular formula is C17H16O5. The molecule has 5 heteroatoms. The van der Waals surface area contributed by atoms with Gasteiger partial charge in [0.1, 0.15) is 23.7 Å². The van der Waals surface area contributed by atoms with Gasteiger partial charge in [0, 0.05) is 0 Å². The number of carbonyl (C=O) groups is 2. The van der Waals surface area contributed by atoms with E-state index in [1.165, 1.54) is 26.2 Å². The predicted molar refractivity (Wildman–Crippen MR) is 80.7 cm³/mol. The van der Waals surface area contributed by atoms with Gasteiger partial charge in [-0.3, -0.25) is 4.79 Å². The van der Waals surface area contributed by atoms with E-state index in [2.05, 4.69) is 0 Å². The van der Waals surface area contributed by atoms with Crippen molar-refractivity contribution in [1.29, 1.82) is 0 Å². The first kappa shape index (κ1) is 15.6. The number of carboxylic acids is 1. The van der Waals surface area contributed by atoms with Gasteiger partial charge in [-0.15, -0.1) is 0 Å². The van der Waals surface area contributed by atoms with E-state index in [4.69, 9.17) is 9.47 Å². The normalized spacial score (nSPS) is 10.1. The van der Waals surface area contributed by atoms with Crippen molar-refractivity contribution in [3.8, 4) is 11.5 Å². The monoisotopic (exact) mass is 300 g/mol. The van der Waals surface area contributed by atoms with Gasteiger partial charge >= 0.3 is 5.97 Å². The molecule has 0 atom stereocenters. The molecule has 2 aromatic rings. The van der Waals surface area contributed by atoms with Crippen molar-refractivity contribution in [3.63, 3.8) is 0 Å². The second-order valence-corrected chi connectivity index (χ2v) is 4.66. The second kappa shape index (κ2) is 6.76. The highest BCUT2D eigenvalue weighted by atomic mass is 16.5. The molecule has 0 aliphatic rings. The number of carboxylic acid groups (broad SMARTS) is 1. The lowest BCUT2D eigenvalue weighted by Gasteiger charge is -2.14. The van der Waals surface area contributed by atoms with Crippen molar-refractivity contribution in [2.24, 2.45) is 0 Å². The fourth-order valence-electron chi connectivity index (χ4n) is 2.11. The molecule has 0 aromatic heterocycles. The molecule has 0 amide bonds. The maximum atomic E-state index is 11.6. The average molecular weight is 300 g/mol. The maximum Gasteiger partial charge on any atom is 0.343 e. The first-order valence-corrected chi connectivity index (χ1v) is 6.66. The third-order valence-electron chi connectivity index (χ3n) is 3.15. The fourth-order valence-corrected chi connectivity index (χ4v) is 2.11. The Kier molecular flexibility index (Phi) is 4.78. The van der Waals surface area contributed by atoms with Crippen molar-refractivity contribution in [2.45, 2.75) is 13.5 Å². The van der Waals surface area contributed by atoms with E-state index in [0.29, 0.717) is 0 Å². The first-order valence-electron chi connectivity index (χ1n) is 6.66. The Labute approximate surface area is 128 Å². The van der Waals surface area contributed by atoms with E-state index >= 15 is 0 Å². The Morgan fingerprint density at radius 1 is 1.09 bits per heavy atom. The molecule has 0 fully saturated rings. The van der Waals surface area contributed by atoms with Gasteiger partial charge in [-0.1, -0.05) is 30.3 Å². The van der Waals surface area contributed by atoms with Crippen LogP contribution in [-0.2, 0) is 6.61 Å². The summed E-state index contributed by atoms with van der Waals surface area (Å²) in [6.07, 6.45) is 0. The van der Waals surface area contributed by atoms with Crippen molar-refractivity contribution >= 4 is 11.8 Å². The van der Waals surface area contributed by atoms with E-state index in [0.717, 1.165) is 5.56 Å². The van der Waals surface area contributed by atoms with Crippen molar-refractivity contribution in [2.75, 3.05) is 7.11 Å². The molecule has 0 aliphatic heterocycles. The van der Waals surface area contributed by atoms with Crippen molar-refractivity contribution in [1.82, 2.24) is 0 Å². The zero-order chi connectivity index (χ0) is 16.1. The quantitative estimate of drug-likeness (QED) is 0.829. The van der Waals surface area contributed by atoms with Crippen LogP contribution in [0.1, 0.15) is 33.2 Å². The lowest BCUT2D eigenvalue weighted by atomic mass is 10.0. The third kappa shape index (κ3) is 3.25. The van der Waals surface area contributed by atoms with Gasteiger partial charge in [-0.2, -0.15) is 0 Å². The van der Waals surface area contributed by atoms with Gasteiger partial charge in [-0.25, -0.2) is 4.79 Å². The minimum atomic E-state index is -1.21. The summed E-state index contributed by atoms with van der Waals surface area (Å²) in [4.78, 5) is 23.1. The summed E-state index contributed by atoms with van der Waals surface area (Å²) in [5.74, 6) is -1.29. The van der Waals surface area contributed by atoms with Crippen LogP contribution in [-0.4, -0.2) is 24.0 Å². The van der Waals surface area contributed by atoms with E-state index in [1.807, 2.05) is 30.3 Å². The molecule has 0 bridgehead atoms. The zero-order valence-electron chi connectivity index (χ0n) is 12.3. The number of hydrogen-bond acceptors (Lipinski definition) is 4. The Morgan fingerprint density at radius 3 is 2.32 bits per heavy atom. The van der Waals surface area contributed by atoms with Gasteiger partial charge in [0.2, 0.25) is 0 Å². The minimum Gasteiger partial charge on any atom is -0.495 e. The van der Waals surface area contributed by atoms with Crippen LogP contribution < -0.4 is 9.47 Å². The molecule has 2 aromatic carbocycles. The number of Topliss-reactive ketones (excluding diaryl/α,β-unsaturated/α-hetero) is 1. The van der Waals surface area contributed by atoms with Crippen LogP contribution in [0.25, 0.3) is 0 Å². The average Bonchev–Trinajstić information content (AvgIpc) is 2.52. The summed E-state index contributed by atoms with van der Waals surface area (Å²) in [6, 6.07) is 12.4. The molecule has 0 spiro atoms. The van der Waals surface area contributed by atoms with Crippen LogP contribution in [0.4, 0.5) is 0 Å². The molecular weight excluding hydrogens is 284 g/mol.